The van der Waals surface area contributed by atoms with E-state index in [1.807, 2.05) is 12.1 Å². The van der Waals surface area contributed by atoms with Gasteiger partial charge in [-0.1, -0.05) is 31.5 Å². The van der Waals surface area contributed by atoms with Gasteiger partial charge in [0, 0.05) is 38.4 Å². The van der Waals surface area contributed by atoms with E-state index < -0.39 is 0 Å². The highest BCUT2D eigenvalue weighted by Gasteiger charge is 2.16. The van der Waals surface area contributed by atoms with Crippen molar-refractivity contribution in [1.82, 2.24) is 9.80 Å². The fourth-order valence-corrected chi connectivity index (χ4v) is 2.47. The molecular formula is C15H25N3. The Morgan fingerprint density at radius 1 is 1.06 bits per heavy atom. The Balaban J connectivity index is 1.78. The first kappa shape index (κ1) is 13.4. The Bertz CT molecular complexity index is 357. The third-order valence-electron chi connectivity index (χ3n) is 3.74. The van der Waals surface area contributed by atoms with Gasteiger partial charge in [-0.2, -0.15) is 0 Å². The molecular weight excluding hydrogens is 222 g/mol. The number of rotatable bonds is 5. The highest BCUT2D eigenvalue weighted by molar-refractivity contribution is 5.46. The van der Waals surface area contributed by atoms with Gasteiger partial charge in [-0.05, 0) is 24.6 Å². The van der Waals surface area contributed by atoms with Crippen LogP contribution in [0.3, 0.4) is 0 Å². The molecule has 0 bridgehead atoms. The minimum atomic E-state index is 0.922. The van der Waals surface area contributed by atoms with Gasteiger partial charge >= 0.3 is 0 Å². The number of nitrogens with two attached hydrogens (primary N) is 1. The molecule has 100 valence electrons. The largest absolute Gasteiger partial charge is 0.398 e. The van der Waals surface area contributed by atoms with E-state index in [-0.39, 0.29) is 0 Å². The molecule has 2 N–H and O–H groups in total. The summed E-state index contributed by atoms with van der Waals surface area (Å²) in [6.07, 6.45) is 2.62. The van der Waals surface area contributed by atoms with Gasteiger partial charge in [-0.3, -0.25) is 4.90 Å². The summed E-state index contributed by atoms with van der Waals surface area (Å²) in [5.41, 5.74) is 8.18. The molecule has 0 amide bonds. The fraction of sp³-hybridized carbons (Fsp3) is 0.600. The number of unbranched alkanes of at least 4 members (excludes halogenated alkanes) is 1. The van der Waals surface area contributed by atoms with Crippen LogP contribution in [0.2, 0.25) is 0 Å². The lowest BCUT2D eigenvalue weighted by Crippen LogP contribution is -2.46. The van der Waals surface area contributed by atoms with E-state index in [9.17, 15) is 0 Å². The summed E-state index contributed by atoms with van der Waals surface area (Å²) in [6.45, 7) is 9.25. The minimum Gasteiger partial charge on any atom is -0.398 e. The molecule has 1 aromatic rings. The third-order valence-corrected chi connectivity index (χ3v) is 3.74. The van der Waals surface area contributed by atoms with Crippen LogP contribution in [0, 0.1) is 0 Å². The van der Waals surface area contributed by atoms with Crippen molar-refractivity contribution in [2.45, 2.75) is 26.3 Å². The van der Waals surface area contributed by atoms with Gasteiger partial charge < -0.3 is 10.6 Å². The van der Waals surface area contributed by atoms with Crippen LogP contribution in [0.1, 0.15) is 25.3 Å². The predicted octanol–water partition coefficient (Wildman–Crippen LogP) is 2.19. The highest BCUT2D eigenvalue weighted by atomic mass is 15.3. The molecule has 1 heterocycles. The standard InChI is InChI=1S/C15H25N3/c1-2-3-8-17-9-11-18(12-10-17)13-14-6-4-5-7-15(14)16/h4-7H,2-3,8-13,16H2,1H3. The Hall–Kier alpha value is -1.06. The zero-order valence-electron chi connectivity index (χ0n) is 11.4. The quantitative estimate of drug-likeness (QED) is 0.810. The van der Waals surface area contributed by atoms with Crippen LogP contribution in [-0.2, 0) is 6.54 Å². The van der Waals surface area contributed by atoms with E-state index in [4.69, 9.17) is 5.73 Å². The first-order chi connectivity index (χ1) is 8.79. The van der Waals surface area contributed by atoms with Crippen molar-refractivity contribution in [1.29, 1.82) is 0 Å². The van der Waals surface area contributed by atoms with E-state index in [1.54, 1.807) is 0 Å². The Morgan fingerprint density at radius 3 is 2.39 bits per heavy atom. The molecule has 0 spiro atoms. The Morgan fingerprint density at radius 2 is 1.72 bits per heavy atom. The van der Waals surface area contributed by atoms with Crippen LogP contribution < -0.4 is 5.73 Å². The van der Waals surface area contributed by atoms with Gasteiger partial charge in [0.15, 0.2) is 0 Å². The summed E-state index contributed by atoms with van der Waals surface area (Å²) >= 11 is 0. The SMILES string of the molecule is CCCCN1CCN(Cc2ccccc2N)CC1. The number of nitrogens with zero attached hydrogens (tertiary/aromatic N) is 2. The number of anilines is 1. The van der Waals surface area contributed by atoms with Crippen LogP contribution in [0.15, 0.2) is 24.3 Å². The van der Waals surface area contributed by atoms with Crippen LogP contribution in [0.25, 0.3) is 0 Å². The molecule has 0 atom stereocenters. The molecule has 2 rings (SSSR count). The summed E-state index contributed by atoms with van der Waals surface area (Å²) in [5.74, 6) is 0. The van der Waals surface area contributed by atoms with Gasteiger partial charge in [0.2, 0.25) is 0 Å². The molecule has 0 aromatic heterocycles. The van der Waals surface area contributed by atoms with Gasteiger partial charge in [0.05, 0.1) is 0 Å². The summed E-state index contributed by atoms with van der Waals surface area (Å²) in [5, 5.41) is 0. The highest BCUT2D eigenvalue weighted by Crippen LogP contribution is 2.14. The summed E-state index contributed by atoms with van der Waals surface area (Å²) in [6, 6.07) is 8.20. The zero-order valence-corrected chi connectivity index (χ0v) is 11.4. The van der Waals surface area contributed by atoms with Gasteiger partial charge in [0.25, 0.3) is 0 Å². The maximum Gasteiger partial charge on any atom is 0.0359 e. The van der Waals surface area contributed by atoms with E-state index in [0.717, 1.165) is 25.3 Å². The molecule has 1 aromatic carbocycles. The molecule has 3 heteroatoms. The fourth-order valence-electron chi connectivity index (χ4n) is 2.47. The lowest BCUT2D eigenvalue weighted by molar-refractivity contribution is 0.126. The molecule has 1 fully saturated rings. The van der Waals surface area contributed by atoms with Crippen LogP contribution in [0.4, 0.5) is 5.69 Å². The summed E-state index contributed by atoms with van der Waals surface area (Å²) in [4.78, 5) is 5.09. The second-order valence-corrected chi connectivity index (χ2v) is 5.17. The monoisotopic (exact) mass is 247 g/mol. The topological polar surface area (TPSA) is 32.5 Å². The van der Waals surface area contributed by atoms with Crippen molar-refractivity contribution in [3.05, 3.63) is 29.8 Å². The van der Waals surface area contributed by atoms with Crippen molar-refractivity contribution in [2.75, 3.05) is 38.5 Å². The second kappa shape index (κ2) is 6.76. The van der Waals surface area contributed by atoms with Crippen molar-refractivity contribution >= 4 is 5.69 Å². The lowest BCUT2D eigenvalue weighted by Gasteiger charge is -2.34. The van der Waals surface area contributed by atoms with Crippen molar-refractivity contribution in [3.63, 3.8) is 0 Å². The number of hydrogen-bond acceptors (Lipinski definition) is 3. The average molecular weight is 247 g/mol. The van der Waals surface area contributed by atoms with Crippen LogP contribution in [0.5, 0.6) is 0 Å². The average Bonchev–Trinajstić information content (AvgIpc) is 2.41. The van der Waals surface area contributed by atoms with Gasteiger partial charge in [0.1, 0.15) is 0 Å². The zero-order chi connectivity index (χ0) is 12.8. The number of para-hydroxylation sites is 1. The summed E-state index contributed by atoms with van der Waals surface area (Å²) < 4.78 is 0. The van der Waals surface area contributed by atoms with Crippen molar-refractivity contribution < 1.29 is 0 Å². The molecule has 0 unspecified atom stereocenters. The normalized spacial score (nSPS) is 18.1. The molecule has 18 heavy (non-hydrogen) atoms. The summed E-state index contributed by atoms with van der Waals surface area (Å²) in [7, 11) is 0. The number of hydrogen-bond donors (Lipinski definition) is 1. The van der Waals surface area contributed by atoms with E-state index in [0.29, 0.717) is 0 Å². The molecule has 1 saturated heterocycles. The molecule has 0 aliphatic carbocycles. The number of piperazine rings is 1. The maximum atomic E-state index is 5.99. The smallest absolute Gasteiger partial charge is 0.0359 e. The molecule has 0 saturated carbocycles. The maximum absolute atomic E-state index is 5.99. The van der Waals surface area contributed by atoms with Gasteiger partial charge in [-0.25, -0.2) is 0 Å². The molecule has 1 aliphatic heterocycles. The number of benzene rings is 1. The van der Waals surface area contributed by atoms with Gasteiger partial charge in [-0.15, -0.1) is 0 Å². The Labute approximate surface area is 111 Å². The van der Waals surface area contributed by atoms with Crippen LogP contribution >= 0.6 is 0 Å². The lowest BCUT2D eigenvalue weighted by atomic mass is 10.1. The predicted molar refractivity (Wildman–Crippen MR) is 77.5 cm³/mol. The van der Waals surface area contributed by atoms with Crippen molar-refractivity contribution in [2.24, 2.45) is 0 Å². The minimum absolute atomic E-state index is 0.922. The molecule has 1 aliphatic rings. The second-order valence-electron chi connectivity index (χ2n) is 5.17. The van der Waals surface area contributed by atoms with E-state index in [2.05, 4.69) is 28.9 Å². The first-order valence-corrected chi connectivity index (χ1v) is 7.07. The van der Waals surface area contributed by atoms with Crippen molar-refractivity contribution in [3.8, 4) is 0 Å². The molecule has 0 radical (unpaired) electrons. The van der Waals surface area contributed by atoms with E-state index in [1.165, 1.54) is 38.0 Å². The van der Waals surface area contributed by atoms with E-state index >= 15 is 0 Å². The Kier molecular flexibility index (Phi) is 5.02. The molecule has 3 nitrogen and oxygen atoms in total. The third kappa shape index (κ3) is 3.72. The number of nitrogen functional groups attached to an aromatic ring is 1. The van der Waals surface area contributed by atoms with Crippen LogP contribution in [-0.4, -0.2) is 42.5 Å². The first-order valence-electron chi connectivity index (χ1n) is 7.07.